The maximum Gasteiger partial charge on any atom is 0.313 e. The lowest BCUT2D eigenvalue weighted by Crippen LogP contribution is -2.28. The van der Waals surface area contributed by atoms with Gasteiger partial charge in [0.05, 0.1) is 11.2 Å². The van der Waals surface area contributed by atoms with Gasteiger partial charge < -0.3 is 10.4 Å². The van der Waals surface area contributed by atoms with Crippen LogP contribution in [0.4, 0.5) is 5.69 Å². The van der Waals surface area contributed by atoms with Gasteiger partial charge in [-0.2, -0.15) is 0 Å². The molecule has 0 aliphatic heterocycles. The number of carbonyl (C=O) groups excluding carboxylic acids is 1. The van der Waals surface area contributed by atoms with Crippen LogP contribution in [0.15, 0.2) is 24.3 Å². The Hall–Kier alpha value is -1.89. The van der Waals surface area contributed by atoms with Crippen LogP contribution >= 0.6 is 0 Å². The standard InChI is InChI=1S/C17H23NO5S/c1-16(2,15(20)21)12-4-6-13(7-5-12)18-14(19)10-17(8-9-17)11-24(3,22)23/h4-7H,8-11H2,1-3H3,(H,18,19)(H,20,21). The van der Waals surface area contributed by atoms with E-state index in [1.54, 1.807) is 38.1 Å². The molecule has 1 aliphatic rings. The predicted molar refractivity (Wildman–Crippen MR) is 91.7 cm³/mol. The molecule has 0 bridgehead atoms. The number of sulfone groups is 1. The highest BCUT2D eigenvalue weighted by atomic mass is 32.2. The maximum absolute atomic E-state index is 12.1. The minimum atomic E-state index is -3.10. The molecule has 7 heteroatoms. The minimum absolute atomic E-state index is 0.0408. The third-order valence-corrected chi connectivity index (χ3v) is 5.62. The molecule has 0 heterocycles. The Bertz CT molecular complexity index is 746. The molecule has 1 aliphatic carbocycles. The number of benzene rings is 1. The summed E-state index contributed by atoms with van der Waals surface area (Å²) in [5.74, 6) is -1.10. The fourth-order valence-electron chi connectivity index (χ4n) is 2.74. The summed E-state index contributed by atoms with van der Waals surface area (Å²) in [5.41, 5.74) is -0.206. The van der Waals surface area contributed by atoms with E-state index in [9.17, 15) is 23.1 Å². The summed E-state index contributed by atoms with van der Waals surface area (Å²) < 4.78 is 22.9. The molecular weight excluding hydrogens is 330 g/mol. The third-order valence-electron chi connectivity index (χ3n) is 4.49. The molecule has 0 spiro atoms. The largest absolute Gasteiger partial charge is 0.481 e. The molecule has 6 nitrogen and oxygen atoms in total. The molecule has 0 unspecified atom stereocenters. The molecule has 132 valence electrons. The van der Waals surface area contributed by atoms with E-state index in [1.165, 1.54) is 6.26 Å². The number of carbonyl (C=O) groups is 2. The van der Waals surface area contributed by atoms with Crippen LogP contribution < -0.4 is 5.32 Å². The smallest absolute Gasteiger partial charge is 0.313 e. The highest BCUT2D eigenvalue weighted by Gasteiger charge is 2.46. The third kappa shape index (κ3) is 4.56. The van der Waals surface area contributed by atoms with Crippen molar-refractivity contribution < 1.29 is 23.1 Å². The number of hydrogen-bond acceptors (Lipinski definition) is 4. The lowest BCUT2D eigenvalue weighted by atomic mass is 9.85. The van der Waals surface area contributed by atoms with E-state index < -0.39 is 26.6 Å². The molecular formula is C17H23NO5S. The molecule has 2 rings (SSSR count). The molecule has 2 N–H and O–H groups in total. The van der Waals surface area contributed by atoms with Crippen LogP contribution in [0.2, 0.25) is 0 Å². The van der Waals surface area contributed by atoms with Crippen molar-refractivity contribution in [3.05, 3.63) is 29.8 Å². The zero-order valence-electron chi connectivity index (χ0n) is 14.1. The summed E-state index contributed by atoms with van der Waals surface area (Å²) in [5, 5.41) is 12.0. The van der Waals surface area contributed by atoms with Crippen LogP contribution in [-0.4, -0.2) is 37.4 Å². The molecule has 1 fully saturated rings. The highest BCUT2D eigenvalue weighted by Crippen LogP contribution is 2.49. The lowest BCUT2D eigenvalue weighted by molar-refractivity contribution is -0.142. The van der Waals surface area contributed by atoms with E-state index >= 15 is 0 Å². The van der Waals surface area contributed by atoms with E-state index in [2.05, 4.69) is 5.32 Å². The number of anilines is 1. The number of rotatable bonds is 7. The van der Waals surface area contributed by atoms with Crippen molar-refractivity contribution in [2.45, 2.75) is 38.5 Å². The van der Waals surface area contributed by atoms with Crippen LogP contribution in [0.3, 0.4) is 0 Å². The van der Waals surface area contributed by atoms with Gasteiger partial charge in [0.25, 0.3) is 0 Å². The minimum Gasteiger partial charge on any atom is -0.481 e. The van der Waals surface area contributed by atoms with Gasteiger partial charge in [0.15, 0.2) is 0 Å². The first kappa shape index (κ1) is 18.4. The maximum atomic E-state index is 12.1. The fourth-order valence-corrected chi connectivity index (χ4v) is 4.25. The van der Waals surface area contributed by atoms with Gasteiger partial charge in [0.2, 0.25) is 5.91 Å². The Labute approximate surface area is 142 Å². The number of nitrogens with one attached hydrogen (secondary N) is 1. The van der Waals surface area contributed by atoms with E-state index in [1.807, 2.05) is 0 Å². The van der Waals surface area contributed by atoms with Crippen molar-refractivity contribution in [3.8, 4) is 0 Å². The molecule has 0 saturated heterocycles. The van der Waals surface area contributed by atoms with Gasteiger partial charge in [0.1, 0.15) is 9.84 Å². The summed E-state index contributed by atoms with van der Waals surface area (Å²) >= 11 is 0. The first-order chi connectivity index (χ1) is 10.9. The Balaban J connectivity index is 1.99. The molecule has 0 atom stereocenters. The molecule has 1 amide bonds. The molecule has 1 aromatic rings. The molecule has 1 saturated carbocycles. The Morgan fingerprint density at radius 2 is 1.75 bits per heavy atom. The molecule has 24 heavy (non-hydrogen) atoms. The Morgan fingerprint density at radius 1 is 1.21 bits per heavy atom. The van der Waals surface area contributed by atoms with Crippen LogP contribution in [0.25, 0.3) is 0 Å². The Morgan fingerprint density at radius 3 is 2.17 bits per heavy atom. The number of carboxylic acids is 1. The Kier molecular flexibility index (Phi) is 4.77. The normalized spacial score (nSPS) is 16.5. The number of carboxylic acid groups (broad SMARTS) is 1. The van der Waals surface area contributed by atoms with Gasteiger partial charge in [-0.3, -0.25) is 9.59 Å². The highest BCUT2D eigenvalue weighted by molar-refractivity contribution is 7.90. The van der Waals surface area contributed by atoms with E-state index in [0.29, 0.717) is 11.3 Å². The summed E-state index contributed by atoms with van der Waals surface area (Å²) in [6.07, 6.45) is 2.87. The van der Waals surface area contributed by atoms with Gasteiger partial charge in [-0.05, 0) is 49.8 Å². The quantitative estimate of drug-likeness (QED) is 0.783. The van der Waals surface area contributed by atoms with Crippen LogP contribution in [0.1, 0.15) is 38.7 Å². The average Bonchev–Trinajstić information content (AvgIpc) is 3.15. The SMILES string of the molecule is CC(C)(C(=O)O)c1ccc(NC(=O)CC2(CS(C)(=O)=O)CC2)cc1. The average molecular weight is 353 g/mol. The fraction of sp³-hybridized carbons (Fsp3) is 0.529. The first-order valence-corrected chi connectivity index (χ1v) is 9.81. The van der Waals surface area contributed by atoms with Crippen LogP contribution in [0, 0.1) is 5.41 Å². The zero-order chi connectivity index (χ0) is 18.2. The van der Waals surface area contributed by atoms with Crippen molar-refractivity contribution >= 4 is 27.4 Å². The molecule has 0 aromatic heterocycles. The van der Waals surface area contributed by atoms with Crippen molar-refractivity contribution in [2.75, 3.05) is 17.3 Å². The van der Waals surface area contributed by atoms with Crippen molar-refractivity contribution in [1.82, 2.24) is 0 Å². The second-order valence-electron chi connectivity index (χ2n) is 7.30. The second-order valence-corrected chi connectivity index (χ2v) is 9.44. The molecule has 1 aromatic carbocycles. The summed E-state index contributed by atoms with van der Waals surface area (Å²) in [7, 11) is -3.10. The van der Waals surface area contributed by atoms with Crippen molar-refractivity contribution in [3.63, 3.8) is 0 Å². The second kappa shape index (κ2) is 6.20. The van der Waals surface area contributed by atoms with Crippen LogP contribution in [0.5, 0.6) is 0 Å². The summed E-state index contributed by atoms with van der Waals surface area (Å²) in [4.78, 5) is 23.4. The number of amides is 1. The number of aliphatic carboxylic acids is 1. The summed E-state index contributed by atoms with van der Waals surface area (Å²) in [6, 6.07) is 6.67. The predicted octanol–water partition coefficient (Wildman–Crippen LogP) is 2.20. The number of hydrogen-bond donors (Lipinski definition) is 2. The van der Waals surface area contributed by atoms with Gasteiger partial charge >= 0.3 is 5.97 Å². The topological polar surface area (TPSA) is 101 Å². The van der Waals surface area contributed by atoms with E-state index in [4.69, 9.17) is 0 Å². The summed E-state index contributed by atoms with van der Waals surface area (Å²) in [6.45, 7) is 3.23. The van der Waals surface area contributed by atoms with Crippen LogP contribution in [-0.2, 0) is 24.8 Å². The molecule has 0 radical (unpaired) electrons. The van der Waals surface area contributed by atoms with Gasteiger partial charge in [-0.1, -0.05) is 12.1 Å². The van der Waals surface area contributed by atoms with Crippen molar-refractivity contribution in [1.29, 1.82) is 0 Å². The van der Waals surface area contributed by atoms with E-state index in [-0.39, 0.29) is 18.1 Å². The van der Waals surface area contributed by atoms with E-state index in [0.717, 1.165) is 12.8 Å². The first-order valence-electron chi connectivity index (χ1n) is 7.75. The van der Waals surface area contributed by atoms with Gasteiger partial charge in [0, 0.05) is 18.4 Å². The zero-order valence-corrected chi connectivity index (χ0v) is 14.9. The lowest BCUT2D eigenvalue weighted by Gasteiger charge is -2.20. The van der Waals surface area contributed by atoms with Gasteiger partial charge in [-0.15, -0.1) is 0 Å². The monoisotopic (exact) mass is 353 g/mol. The van der Waals surface area contributed by atoms with Gasteiger partial charge in [-0.25, -0.2) is 8.42 Å². The van der Waals surface area contributed by atoms with Crippen molar-refractivity contribution in [2.24, 2.45) is 5.41 Å².